The normalized spacial score (nSPS) is 9.07. The van der Waals surface area contributed by atoms with Crippen LogP contribution < -0.4 is 0 Å². The van der Waals surface area contributed by atoms with Crippen molar-refractivity contribution in [2.75, 3.05) is 26.2 Å². The van der Waals surface area contributed by atoms with Gasteiger partial charge >= 0.3 is 0 Å². The molecule has 0 unspecified atom stereocenters. The highest BCUT2D eigenvalue weighted by Gasteiger charge is 2.03. The second kappa shape index (κ2) is 9.50. The van der Waals surface area contributed by atoms with Gasteiger partial charge in [-0.2, -0.15) is 10.5 Å². The van der Waals surface area contributed by atoms with Gasteiger partial charge in [0.25, 0.3) is 6.47 Å². The molecular formula is C9H13N3O2. The van der Waals surface area contributed by atoms with Crippen molar-refractivity contribution in [2.24, 2.45) is 0 Å². The first-order valence-electron chi connectivity index (χ1n) is 4.36. The molecule has 0 spiro atoms. The topological polar surface area (TPSA) is 77.1 Å². The van der Waals surface area contributed by atoms with E-state index in [-0.39, 0.29) is 0 Å². The van der Waals surface area contributed by atoms with E-state index in [2.05, 4.69) is 4.74 Å². The van der Waals surface area contributed by atoms with E-state index >= 15 is 0 Å². The quantitative estimate of drug-likeness (QED) is 0.411. The van der Waals surface area contributed by atoms with Crippen LogP contribution in [-0.2, 0) is 9.53 Å². The van der Waals surface area contributed by atoms with Gasteiger partial charge in [-0.05, 0) is 0 Å². The van der Waals surface area contributed by atoms with Crippen molar-refractivity contribution in [3.05, 3.63) is 0 Å². The Morgan fingerprint density at radius 2 is 1.71 bits per heavy atom. The molecule has 0 rings (SSSR count). The Labute approximate surface area is 83.5 Å². The van der Waals surface area contributed by atoms with Gasteiger partial charge in [-0.15, -0.1) is 0 Å². The first kappa shape index (κ1) is 12.4. The third-order valence-electron chi connectivity index (χ3n) is 1.67. The van der Waals surface area contributed by atoms with Crippen molar-refractivity contribution < 1.29 is 9.53 Å². The lowest BCUT2D eigenvalue weighted by Gasteiger charge is -2.18. The second-order valence-corrected chi connectivity index (χ2v) is 2.62. The molecule has 0 fully saturated rings. The number of hydrogen-bond acceptors (Lipinski definition) is 5. The highest BCUT2D eigenvalue weighted by molar-refractivity contribution is 5.36. The van der Waals surface area contributed by atoms with E-state index in [0.717, 1.165) is 0 Å². The number of carbonyl (C=O) groups is 1. The predicted octanol–water partition coefficient (Wildman–Crippen LogP) is 0.289. The summed E-state index contributed by atoms with van der Waals surface area (Å²) in [6.07, 6.45) is 0.846. The molecule has 0 aromatic heterocycles. The summed E-state index contributed by atoms with van der Waals surface area (Å²) in [4.78, 5) is 11.8. The van der Waals surface area contributed by atoms with Gasteiger partial charge in [0.15, 0.2) is 0 Å². The van der Waals surface area contributed by atoms with Crippen molar-refractivity contribution >= 4 is 6.47 Å². The Bertz CT molecular complexity index is 211. The minimum Gasteiger partial charge on any atom is -0.467 e. The van der Waals surface area contributed by atoms with Gasteiger partial charge in [0.1, 0.15) is 6.61 Å². The lowest BCUT2D eigenvalue weighted by atomic mass is 10.3. The second-order valence-electron chi connectivity index (χ2n) is 2.62. The van der Waals surface area contributed by atoms with Crippen LogP contribution in [0.15, 0.2) is 0 Å². The van der Waals surface area contributed by atoms with E-state index in [1.807, 2.05) is 17.0 Å². The van der Waals surface area contributed by atoms with E-state index in [1.165, 1.54) is 0 Å². The van der Waals surface area contributed by atoms with Gasteiger partial charge < -0.3 is 4.74 Å². The van der Waals surface area contributed by atoms with Crippen LogP contribution in [0.3, 0.4) is 0 Å². The summed E-state index contributed by atoms with van der Waals surface area (Å²) in [6, 6.07) is 4.06. The molecule has 5 nitrogen and oxygen atoms in total. The summed E-state index contributed by atoms with van der Waals surface area (Å²) < 4.78 is 4.54. The number of nitrogens with zero attached hydrogens (tertiary/aromatic N) is 3. The Morgan fingerprint density at radius 1 is 1.14 bits per heavy atom. The zero-order valence-corrected chi connectivity index (χ0v) is 7.98. The molecule has 0 radical (unpaired) electrons. The Kier molecular flexibility index (Phi) is 8.42. The van der Waals surface area contributed by atoms with Crippen molar-refractivity contribution in [1.82, 2.24) is 4.90 Å². The lowest BCUT2D eigenvalue weighted by Crippen LogP contribution is -2.29. The first-order valence-corrected chi connectivity index (χ1v) is 4.36. The molecule has 14 heavy (non-hydrogen) atoms. The van der Waals surface area contributed by atoms with Gasteiger partial charge in [-0.3, -0.25) is 9.69 Å². The van der Waals surface area contributed by atoms with Crippen molar-refractivity contribution in [2.45, 2.75) is 12.8 Å². The average molecular weight is 195 g/mol. The molecule has 0 heterocycles. The maximum atomic E-state index is 9.87. The number of hydrogen-bond donors (Lipinski definition) is 0. The SMILES string of the molecule is N#CCCN(CCC#N)CCOC=O. The fourth-order valence-electron chi connectivity index (χ4n) is 0.982. The van der Waals surface area contributed by atoms with E-state index in [0.29, 0.717) is 45.6 Å². The zero-order valence-electron chi connectivity index (χ0n) is 7.98. The summed E-state index contributed by atoms with van der Waals surface area (Å²) in [7, 11) is 0. The molecule has 0 saturated carbocycles. The fourth-order valence-corrected chi connectivity index (χ4v) is 0.982. The van der Waals surface area contributed by atoms with Crippen LogP contribution in [-0.4, -0.2) is 37.6 Å². The maximum absolute atomic E-state index is 9.87. The first-order chi connectivity index (χ1) is 6.85. The molecule has 76 valence electrons. The zero-order chi connectivity index (χ0) is 10.6. The summed E-state index contributed by atoms with van der Waals surface area (Å²) in [5.41, 5.74) is 0. The molecular weight excluding hydrogens is 182 g/mol. The van der Waals surface area contributed by atoms with Gasteiger partial charge in [0, 0.05) is 32.5 Å². The van der Waals surface area contributed by atoms with Crippen LogP contribution in [0.4, 0.5) is 0 Å². The summed E-state index contributed by atoms with van der Waals surface area (Å²) in [5.74, 6) is 0. The third kappa shape index (κ3) is 7.08. The smallest absolute Gasteiger partial charge is 0.293 e. The number of nitriles is 2. The van der Waals surface area contributed by atoms with Gasteiger partial charge in [0.05, 0.1) is 12.1 Å². The van der Waals surface area contributed by atoms with Crippen LogP contribution >= 0.6 is 0 Å². The Balaban J connectivity index is 3.67. The van der Waals surface area contributed by atoms with Crippen molar-refractivity contribution in [3.8, 4) is 12.1 Å². The van der Waals surface area contributed by atoms with Gasteiger partial charge in [-0.1, -0.05) is 0 Å². The molecule has 5 heteroatoms. The summed E-state index contributed by atoms with van der Waals surface area (Å²) >= 11 is 0. The van der Waals surface area contributed by atoms with Crippen LogP contribution in [0.25, 0.3) is 0 Å². The lowest BCUT2D eigenvalue weighted by molar-refractivity contribution is -0.129. The van der Waals surface area contributed by atoms with Crippen molar-refractivity contribution in [3.63, 3.8) is 0 Å². The molecule has 0 aromatic carbocycles. The highest BCUT2D eigenvalue weighted by atomic mass is 16.5. The molecule has 0 aliphatic rings. The number of ether oxygens (including phenoxy) is 1. The van der Waals surface area contributed by atoms with Crippen LogP contribution in [0.2, 0.25) is 0 Å². The average Bonchev–Trinajstić information content (AvgIpc) is 2.21. The third-order valence-corrected chi connectivity index (χ3v) is 1.67. The number of rotatable bonds is 8. The van der Waals surface area contributed by atoms with E-state index < -0.39 is 0 Å². The van der Waals surface area contributed by atoms with E-state index in [1.54, 1.807) is 0 Å². The molecule has 0 aliphatic heterocycles. The van der Waals surface area contributed by atoms with Crippen LogP contribution in [0.5, 0.6) is 0 Å². The summed E-state index contributed by atoms with van der Waals surface area (Å²) in [6.45, 7) is 2.50. The predicted molar refractivity (Wildman–Crippen MR) is 48.9 cm³/mol. The molecule has 0 aliphatic carbocycles. The van der Waals surface area contributed by atoms with E-state index in [4.69, 9.17) is 10.5 Å². The maximum Gasteiger partial charge on any atom is 0.293 e. The standard InChI is InChI=1S/C9H13N3O2/c10-3-1-5-12(6-2-4-11)7-8-14-9-13/h9H,1-2,5-8H2. The monoisotopic (exact) mass is 195 g/mol. The molecule has 0 saturated heterocycles. The van der Waals surface area contributed by atoms with E-state index in [9.17, 15) is 4.79 Å². The van der Waals surface area contributed by atoms with Gasteiger partial charge in [0.2, 0.25) is 0 Å². The largest absolute Gasteiger partial charge is 0.467 e. The van der Waals surface area contributed by atoms with Crippen LogP contribution in [0, 0.1) is 22.7 Å². The Hall–Kier alpha value is -1.59. The van der Waals surface area contributed by atoms with Crippen molar-refractivity contribution in [1.29, 1.82) is 10.5 Å². The fraction of sp³-hybridized carbons (Fsp3) is 0.667. The highest BCUT2D eigenvalue weighted by Crippen LogP contribution is 1.93. The summed E-state index contributed by atoms with van der Waals surface area (Å²) in [5, 5.41) is 16.8. The minimum absolute atomic E-state index is 0.306. The molecule has 0 amide bonds. The Morgan fingerprint density at radius 3 is 2.14 bits per heavy atom. The minimum atomic E-state index is 0.306. The molecule has 0 atom stereocenters. The molecule has 0 bridgehead atoms. The van der Waals surface area contributed by atoms with Gasteiger partial charge in [-0.25, -0.2) is 0 Å². The number of carbonyl (C=O) groups excluding carboxylic acids is 1. The molecule has 0 N–H and O–H groups in total. The molecule has 0 aromatic rings. The van der Waals surface area contributed by atoms with Crippen LogP contribution in [0.1, 0.15) is 12.8 Å².